The first-order valence-corrected chi connectivity index (χ1v) is 11.6. The molecule has 2 aromatic carbocycles. The van der Waals surface area contributed by atoms with Gasteiger partial charge < -0.3 is 10.1 Å². The van der Waals surface area contributed by atoms with Crippen LogP contribution in [0.1, 0.15) is 43.4 Å². The van der Waals surface area contributed by atoms with Crippen LogP contribution < -0.4 is 14.4 Å². The van der Waals surface area contributed by atoms with Crippen molar-refractivity contribution < 1.29 is 17.9 Å². The van der Waals surface area contributed by atoms with E-state index in [-0.39, 0.29) is 24.9 Å². The molecule has 1 atom stereocenters. The Balaban J connectivity index is 1.95. The fraction of sp³-hybridized carbons (Fsp3) is 0.409. The van der Waals surface area contributed by atoms with Crippen LogP contribution in [-0.4, -0.2) is 34.2 Å². The van der Waals surface area contributed by atoms with E-state index < -0.39 is 10.0 Å². The maximum atomic E-state index is 12.4. The van der Waals surface area contributed by atoms with Crippen LogP contribution in [0.2, 0.25) is 0 Å². The Bertz CT molecular complexity index is 893. The molecule has 2 aromatic rings. The number of carbonyl (C=O) groups excluding carboxylic acids is 1. The average Bonchev–Trinajstić information content (AvgIpc) is 2.69. The van der Waals surface area contributed by atoms with E-state index >= 15 is 0 Å². The Labute approximate surface area is 173 Å². The highest BCUT2D eigenvalue weighted by molar-refractivity contribution is 7.92. The SMILES string of the molecule is CC[C@@H](NC(=O)CCCN(c1ccc(OC)cc1)S(C)(=O)=O)c1ccc(C)cc1. The zero-order valence-corrected chi connectivity index (χ0v) is 18.3. The predicted molar refractivity (Wildman–Crippen MR) is 117 cm³/mol. The molecule has 29 heavy (non-hydrogen) atoms. The third-order valence-corrected chi connectivity index (χ3v) is 5.94. The number of amides is 1. The number of hydrogen-bond acceptors (Lipinski definition) is 4. The monoisotopic (exact) mass is 418 g/mol. The third-order valence-electron chi connectivity index (χ3n) is 4.75. The third kappa shape index (κ3) is 6.78. The van der Waals surface area contributed by atoms with Gasteiger partial charge in [0.05, 0.1) is 25.1 Å². The molecule has 2 rings (SSSR count). The van der Waals surface area contributed by atoms with Crippen molar-refractivity contribution in [1.82, 2.24) is 5.32 Å². The molecule has 0 heterocycles. The number of nitrogens with zero attached hydrogens (tertiary/aromatic N) is 1. The number of sulfonamides is 1. The minimum atomic E-state index is -3.45. The fourth-order valence-corrected chi connectivity index (χ4v) is 4.07. The Kier molecular flexibility index (Phi) is 8.08. The standard InChI is InChI=1S/C22H30N2O4S/c1-5-21(18-10-8-17(2)9-11-18)23-22(25)7-6-16-24(29(4,26)27)19-12-14-20(28-3)15-13-19/h8-15,21H,5-7,16H2,1-4H3,(H,23,25)/t21-/m1/s1. The van der Waals surface area contributed by atoms with Gasteiger partial charge in [0.25, 0.3) is 0 Å². The van der Waals surface area contributed by atoms with Gasteiger partial charge in [-0.05, 0) is 49.6 Å². The van der Waals surface area contributed by atoms with E-state index in [1.165, 1.54) is 16.1 Å². The summed E-state index contributed by atoms with van der Waals surface area (Å²) in [4.78, 5) is 12.4. The first-order chi connectivity index (χ1) is 13.7. The van der Waals surface area contributed by atoms with Crippen molar-refractivity contribution in [2.75, 3.05) is 24.2 Å². The van der Waals surface area contributed by atoms with Gasteiger partial charge in [-0.2, -0.15) is 0 Å². The molecule has 0 aliphatic carbocycles. The summed E-state index contributed by atoms with van der Waals surface area (Å²) in [6.45, 7) is 4.29. The summed E-state index contributed by atoms with van der Waals surface area (Å²) >= 11 is 0. The largest absolute Gasteiger partial charge is 0.497 e. The van der Waals surface area contributed by atoms with Gasteiger partial charge in [-0.1, -0.05) is 36.8 Å². The molecule has 158 valence electrons. The van der Waals surface area contributed by atoms with Crippen LogP contribution in [0.15, 0.2) is 48.5 Å². The fourth-order valence-electron chi connectivity index (χ4n) is 3.10. The van der Waals surface area contributed by atoms with E-state index in [1.807, 2.05) is 38.1 Å². The molecular formula is C22H30N2O4S. The van der Waals surface area contributed by atoms with Crippen molar-refractivity contribution in [3.8, 4) is 5.75 Å². The van der Waals surface area contributed by atoms with Gasteiger partial charge in [0.15, 0.2) is 0 Å². The van der Waals surface area contributed by atoms with Gasteiger partial charge >= 0.3 is 0 Å². The van der Waals surface area contributed by atoms with Gasteiger partial charge in [0.2, 0.25) is 15.9 Å². The van der Waals surface area contributed by atoms with Crippen LogP contribution in [-0.2, 0) is 14.8 Å². The molecule has 0 saturated carbocycles. The first-order valence-electron chi connectivity index (χ1n) is 9.72. The Hall–Kier alpha value is -2.54. The lowest BCUT2D eigenvalue weighted by molar-refractivity contribution is -0.121. The average molecular weight is 419 g/mol. The number of hydrogen-bond donors (Lipinski definition) is 1. The van der Waals surface area contributed by atoms with E-state index in [1.54, 1.807) is 31.4 Å². The molecule has 0 spiro atoms. The molecule has 0 fully saturated rings. The van der Waals surface area contributed by atoms with E-state index in [9.17, 15) is 13.2 Å². The lowest BCUT2D eigenvalue weighted by Crippen LogP contribution is -2.33. The molecule has 6 nitrogen and oxygen atoms in total. The van der Waals surface area contributed by atoms with Gasteiger partial charge in [0.1, 0.15) is 5.75 Å². The number of benzene rings is 2. The molecule has 0 saturated heterocycles. The number of carbonyl (C=O) groups is 1. The molecule has 0 bridgehead atoms. The maximum Gasteiger partial charge on any atom is 0.232 e. The minimum Gasteiger partial charge on any atom is -0.497 e. The summed E-state index contributed by atoms with van der Waals surface area (Å²) in [7, 11) is -1.89. The molecule has 0 radical (unpaired) electrons. The zero-order valence-electron chi connectivity index (χ0n) is 17.5. The van der Waals surface area contributed by atoms with Crippen LogP contribution in [0, 0.1) is 6.92 Å². The van der Waals surface area contributed by atoms with Crippen molar-refractivity contribution in [1.29, 1.82) is 0 Å². The summed E-state index contributed by atoms with van der Waals surface area (Å²) in [5.41, 5.74) is 2.80. The topological polar surface area (TPSA) is 75.7 Å². The van der Waals surface area contributed by atoms with Crippen LogP contribution >= 0.6 is 0 Å². The van der Waals surface area contributed by atoms with Crippen molar-refractivity contribution in [3.05, 3.63) is 59.7 Å². The summed E-state index contributed by atoms with van der Waals surface area (Å²) in [6.07, 6.45) is 2.64. The van der Waals surface area contributed by atoms with E-state index in [2.05, 4.69) is 5.32 Å². The molecule has 0 aliphatic heterocycles. The number of aryl methyl sites for hydroxylation is 1. The predicted octanol–water partition coefficient (Wildman–Crippen LogP) is 3.82. The smallest absolute Gasteiger partial charge is 0.232 e. The highest BCUT2D eigenvalue weighted by Crippen LogP contribution is 2.22. The molecule has 0 aliphatic rings. The second-order valence-electron chi connectivity index (χ2n) is 7.08. The Morgan fingerprint density at radius 3 is 2.24 bits per heavy atom. The van der Waals surface area contributed by atoms with Gasteiger partial charge in [0, 0.05) is 13.0 Å². The van der Waals surface area contributed by atoms with Crippen molar-refractivity contribution in [2.24, 2.45) is 0 Å². The number of ether oxygens (including phenoxy) is 1. The highest BCUT2D eigenvalue weighted by Gasteiger charge is 2.18. The number of methoxy groups -OCH3 is 1. The van der Waals surface area contributed by atoms with E-state index in [0.29, 0.717) is 17.9 Å². The molecule has 7 heteroatoms. The van der Waals surface area contributed by atoms with Crippen LogP contribution in [0.25, 0.3) is 0 Å². The number of anilines is 1. The minimum absolute atomic E-state index is 0.0456. The maximum absolute atomic E-state index is 12.4. The van der Waals surface area contributed by atoms with E-state index in [0.717, 1.165) is 12.0 Å². The quantitative estimate of drug-likeness (QED) is 0.636. The second-order valence-corrected chi connectivity index (χ2v) is 8.98. The Morgan fingerprint density at radius 1 is 1.10 bits per heavy atom. The van der Waals surface area contributed by atoms with Crippen LogP contribution in [0.3, 0.4) is 0 Å². The normalized spacial score (nSPS) is 12.3. The zero-order chi connectivity index (χ0) is 21.4. The summed E-state index contributed by atoms with van der Waals surface area (Å²) in [5.74, 6) is 0.573. The van der Waals surface area contributed by atoms with Crippen molar-refractivity contribution in [2.45, 2.75) is 39.2 Å². The highest BCUT2D eigenvalue weighted by atomic mass is 32.2. The number of rotatable bonds is 10. The van der Waals surface area contributed by atoms with Gasteiger partial charge in [-0.15, -0.1) is 0 Å². The van der Waals surface area contributed by atoms with Gasteiger partial charge in [-0.25, -0.2) is 8.42 Å². The summed E-state index contributed by atoms with van der Waals surface area (Å²) in [6, 6.07) is 14.9. The molecule has 0 unspecified atom stereocenters. The molecule has 1 amide bonds. The van der Waals surface area contributed by atoms with Crippen LogP contribution in [0.5, 0.6) is 5.75 Å². The summed E-state index contributed by atoms with van der Waals surface area (Å²) in [5, 5.41) is 3.05. The number of nitrogens with one attached hydrogen (secondary N) is 1. The van der Waals surface area contributed by atoms with Crippen LogP contribution in [0.4, 0.5) is 5.69 Å². The van der Waals surface area contributed by atoms with Crippen molar-refractivity contribution in [3.63, 3.8) is 0 Å². The molecular weight excluding hydrogens is 388 g/mol. The van der Waals surface area contributed by atoms with Crippen molar-refractivity contribution >= 4 is 21.6 Å². The summed E-state index contributed by atoms with van der Waals surface area (Å²) < 4.78 is 30.8. The first kappa shape index (κ1) is 22.7. The van der Waals surface area contributed by atoms with E-state index in [4.69, 9.17) is 4.74 Å². The van der Waals surface area contributed by atoms with Gasteiger partial charge in [-0.3, -0.25) is 9.10 Å². The lowest BCUT2D eigenvalue weighted by atomic mass is 10.0. The Morgan fingerprint density at radius 2 is 1.72 bits per heavy atom. The molecule has 1 N–H and O–H groups in total. The molecule has 0 aromatic heterocycles. The second kappa shape index (κ2) is 10.3. The lowest BCUT2D eigenvalue weighted by Gasteiger charge is -2.23.